The Hall–Kier alpha value is -3.75. The largest absolute Gasteiger partial charge is 0.489 e. The van der Waals surface area contributed by atoms with E-state index in [9.17, 15) is 14.4 Å². The maximum atomic E-state index is 13.5. The average molecular weight is 629 g/mol. The van der Waals surface area contributed by atoms with Gasteiger partial charge in [-0.2, -0.15) is 0 Å². The topological polar surface area (TPSA) is 106 Å². The molecule has 0 fully saturated rings. The van der Waals surface area contributed by atoms with E-state index < -0.39 is 35.6 Å². The number of ether oxygens (including phenoxy) is 2. The lowest BCUT2D eigenvalue weighted by Crippen LogP contribution is -2.54. The van der Waals surface area contributed by atoms with E-state index in [1.165, 1.54) is 0 Å². The van der Waals surface area contributed by atoms with Crippen molar-refractivity contribution in [3.63, 3.8) is 0 Å². The second-order valence-corrected chi connectivity index (χ2v) is 12.5. The summed E-state index contributed by atoms with van der Waals surface area (Å²) in [6.07, 6.45) is 0.519. The summed E-state index contributed by atoms with van der Waals surface area (Å²) in [5.41, 5.74) is 1.46. The van der Waals surface area contributed by atoms with Crippen molar-refractivity contribution in [2.75, 3.05) is 5.32 Å². The monoisotopic (exact) mass is 627 g/mol. The molecule has 0 aromatic heterocycles. The van der Waals surface area contributed by atoms with Gasteiger partial charge in [0.2, 0.25) is 5.91 Å². The van der Waals surface area contributed by atoms with Crippen molar-refractivity contribution in [2.45, 2.75) is 71.8 Å². The Morgan fingerprint density at radius 1 is 0.814 bits per heavy atom. The summed E-state index contributed by atoms with van der Waals surface area (Å²) in [4.78, 5) is 39.5. The molecule has 8 nitrogen and oxygen atoms in total. The van der Waals surface area contributed by atoms with Crippen LogP contribution in [0.2, 0.25) is 10.0 Å². The Morgan fingerprint density at radius 3 is 2.02 bits per heavy atom. The number of esters is 1. The lowest BCUT2D eigenvalue weighted by molar-refractivity contribution is -0.158. The van der Waals surface area contributed by atoms with Gasteiger partial charge >= 0.3 is 12.0 Å². The van der Waals surface area contributed by atoms with E-state index in [0.717, 1.165) is 11.1 Å². The number of benzene rings is 3. The molecule has 2 atom stereocenters. The molecule has 0 saturated carbocycles. The number of rotatable bonds is 12. The number of hydrogen-bond donors (Lipinski definition) is 3. The van der Waals surface area contributed by atoms with Crippen molar-refractivity contribution < 1.29 is 23.9 Å². The van der Waals surface area contributed by atoms with Crippen LogP contribution < -0.4 is 20.7 Å². The summed E-state index contributed by atoms with van der Waals surface area (Å²) in [7, 11) is 0. The van der Waals surface area contributed by atoms with Crippen molar-refractivity contribution in [1.29, 1.82) is 0 Å². The highest BCUT2D eigenvalue weighted by atomic mass is 35.5. The van der Waals surface area contributed by atoms with Crippen LogP contribution in [0.3, 0.4) is 0 Å². The Morgan fingerprint density at radius 2 is 1.44 bits per heavy atom. The van der Waals surface area contributed by atoms with Crippen molar-refractivity contribution >= 4 is 46.8 Å². The Labute approximate surface area is 263 Å². The number of anilines is 1. The van der Waals surface area contributed by atoms with Crippen LogP contribution in [0.1, 0.15) is 52.2 Å². The zero-order valence-corrected chi connectivity index (χ0v) is 26.6. The molecule has 3 aromatic carbocycles. The molecule has 0 bridgehead atoms. The SMILES string of the molecule is CC(C)C[C@H](NC(=O)Nc1cc(Cl)cc(Cl)c1)C(=O)N[C@@H](Cc1ccc(OCc2ccccc2)cc1)C(=O)OC(C)(C)C. The van der Waals surface area contributed by atoms with Gasteiger partial charge in [0.25, 0.3) is 0 Å². The molecule has 0 heterocycles. The first-order chi connectivity index (χ1) is 20.3. The lowest BCUT2D eigenvalue weighted by Gasteiger charge is -2.27. The van der Waals surface area contributed by atoms with Crippen LogP contribution in [-0.4, -0.2) is 35.6 Å². The predicted molar refractivity (Wildman–Crippen MR) is 171 cm³/mol. The number of hydrogen-bond acceptors (Lipinski definition) is 5. The fourth-order valence-corrected chi connectivity index (χ4v) is 4.72. The highest BCUT2D eigenvalue weighted by Gasteiger charge is 2.30. The highest BCUT2D eigenvalue weighted by Crippen LogP contribution is 2.22. The van der Waals surface area contributed by atoms with Crippen molar-refractivity contribution in [1.82, 2.24) is 10.6 Å². The highest BCUT2D eigenvalue weighted by molar-refractivity contribution is 6.35. The Kier molecular flexibility index (Phi) is 12.3. The van der Waals surface area contributed by atoms with E-state index in [-0.39, 0.29) is 12.3 Å². The molecule has 3 N–H and O–H groups in total. The first-order valence-electron chi connectivity index (χ1n) is 14.1. The van der Waals surface area contributed by atoms with Gasteiger partial charge in [0.15, 0.2) is 0 Å². The number of carbonyl (C=O) groups excluding carboxylic acids is 3. The summed E-state index contributed by atoms with van der Waals surface area (Å²) in [5, 5.41) is 8.89. The summed E-state index contributed by atoms with van der Waals surface area (Å²) >= 11 is 12.1. The molecule has 230 valence electrons. The van der Waals surface area contributed by atoms with Gasteiger partial charge in [-0.15, -0.1) is 0 Å². The predicted octanol–water partition coefficient (Wildman–Crippen LogP) is 7.18. The minimum atomic E-state index is -0.992. The van der Waals surface area contributed by atoms with E-state index in [4.69, 9.17) is 32.7 Å². The van der Waals surface area contributed by atoms with Gasteiger partial charge in [0, 0.05) is 22.2 Å². The molecule has 3 aromatic rings. The number of amides is 3. The van der Waals surface area contributed by atoms with Gasteiger partial charge in [0.1, 0.15) is 30.0 Å². The quantitative estimate of drug-likeness (QED) is 0.184. The Bertz CT molecular complexity index is 1360. The van der Waals surface area contributed by atoms with Gasteiger partial charge < -0.3 is 25.4 Å². The third-order valence-electron chi connectivity index (χ3n) is 6.07. The molecule has 0 radical (unpaired) electrons. The summed E-state index contributed by atoms with van der Waals surface area (Å²) in [6.45, 7) is 9.58. The molecule has 0 saturated heterocycles. The number of nitrogens with one attached hydrogen (secondary N) is 3. The molecule has 43 heavy (non-hydrogen) atoms. The molecule has 3 amide bonds. The van der Waals surface area contributed by atoms with E-state index in [0.29, 0.717) is 34.5 Å². The second-order valence-electron chi connectivity index (χ2n) is 11.7. The van der Waals surface area contributed by atoms with Crippen molar-refractivity contribution in [3.05, 3.63) is 94.0 Å². The van der Waals surface area contributed by atoms with Gasteiger partial charge in [-0.1, -0.05) is 79.5 Å². The molecule has 3 rings (SSSR count). The summed E-state index contributed by atoms with van der Waals surface area (Å²) in [5.74, 6) is -0.336. The smallest absolute Gasteiger partial charge is 0.329 e. The molecule has 10 heteroatoms. The van der Waals surface area contributed by atoms with Gasteiger partial charge in [-0.05, 0) is 74.6 Å². The van der Waals surface area contributed by atoms with Gasteiger partial charge in [0.05, 0.1) is 0 Å². The number of halogens is 2. The molecule has 0 aliphatic carbocycles. The van der Waals surface area contributed by atoms with Gasteiger partial charge in [-0.3, -0.25) is 4.79 Å². The van der Waals surface area contributed by atoms with E-state index in [1.807, 2.05) is 68.4 Å². The molecular weight excluding hydrogens is 589 g/mol. The van der Waals surface area contributed by atoms with Crippen LogP contribution in [0.25, 0.3) is 0 Å². The first-order valence-corrected chi connectivity index (χ1v) is 14.9. The summed E-state index contributed by atoms with van der Waals surface area (Å²) in [6, 6.07) is 19.3. The van der Waals surface area contributed by atoms with Gasteiger partial charge in [-0.25, -0.2) is 9.59 Å². The van der Waals surface area contributed by atoms with Crippen molar-refractivity contribution in [2.24, 2.45) is 5.92 Å². The number of urea groups is 1. The zero-order chi connectivity index (χ0) is 31.6. The minimum absolute atomic E-state index is 0.0695. The van der Waals surface area contributed by atoms with Crippen LogP contribution >= 0.6 is 23.2 Å². The van der Waals surface area contributed by atoms with Crippen molar-refractivity contribution in [3.8, 4) is 5.75 Å². The third-order valence-corrected chi connectivity index (χ3v) is 6.51. The van der Waals surface area contributed by atoms with E-state index >= 15 is 0 Å². The molecule has 0 aliphatic rings. The third kappa shape index (κ3) is 12.2. The molecule has 0 spiro atoms. The maximum Gasteiger partial charge on any atom is 0.329 e. The van der Waals surface area contributed by atoms with E-state index in [2.05, 4.69) is 16.0 Å². The second kappa shape index (κ2) is 15.6. The zero-order valence-electron chi connectivity index (χ0n) is 25.1. The van der Waals surface area contributed by atoms with Crippen LogP contribution in [0.15, 0.2) is 72.8 Å². The van der Waals surface area contributed by atoms with Crippen LogP contribution in [0, 0.1) is 5.92 Å². The standard InChI is InChI=1S/C33H39Cl2N3O5/c1-21(2)15-28(38-32(41)36-26-18-24(34)17-25(35)19-26)30(39)37-29(31(40)43-33(3,4)5)16-22-11-13-27(14-12-22)42-20-23-9-7-6-8-10-23/h6-14,17-19,21,28-29H,15-16,20H2,1-5H3,(H,37,39)(H2,36,38,41)/t28-,29-/m0/s1. The maximum absolute atomic E-state index is 13.5. The van der Waals surface area contributed by atoms with Crippen LogP contribution in [0.4, 0.5) is 10.5 Å². The average Bonchev–Trinajstić information content (AvgIpc) is 2.90. The van der Waals surface area contributed by atoms with E-state index in [1.54, 1.807) is 39.0 Å². The van der Waals surface area contributed by atoms with Crippen LogP contribution in [-0.2, 0) is 27.4 Å². The molecule has 0 aliphatic heterocycles. The normalized spacial score (nSPS) is 12.7. The fourth-order valence-electron chi connectivity index (χ4n) is 4.19. The Balaban J connectivity index is 1.71. The number of carbonyl (C=O) groups is 3. The lowest BCUT2D eigenvalue weighted by atomic mass is 10.0. The molecular formula is C33H39Cl2N3O5. The fraction of sp³-hybridized carbons (Fsp3) is 0.364. The molecule has 0 unspecified atom stereocenters. The summed E-state index contributed by atoms with van der Waals surface area (Å²) < 4.78 is 11.5. The minimum Gasteiger partial charge on any atom is -0.489 e. The first kappa shape index (κ1) is 33.7. The van der Waals surface area contributed by atoms with Crippen LogP contribution in [0.5, 0.6) is 5.75 Å².